The minimum absolute atomic E-state index is 0.0163. The standard InChI is InChI=1S/C43H66ClN3O12/c1-12-33-43(8,52)37(49)26(4)34(46-55-23-29-16-13-14-18-31(29)44)24(2)21-42(7,53-11)38(59-40-35(48)32(47(9)10)20-25(3)56-40)27(5)36(28(6)39(50)57-33)58-41(51)45-22-30-17-15-19-54-30/h13-19,24-28,32-33,35-38,40,48-49,52H,12,20-23H2,1-11H3,(H,45,51)/b46-34-/t24-,25-,26+,27+,28-,32+,33-,35-,36+,37-,38-,40+,42-,43-/m1/s1. The van der Waals surface area contributed by atoms with Crippen molar-refractivity contribution in [1.29, 1.82) is 0 Å². The third-order valence-corrected chi connectivity index (χ3v) is 12.5. The Bertz CT molecular complexity index is 1680. The van der Waals surface area contributed by atoms with Crippen molar-refractivity contribution in [3.8, 4) is 0 Å². The first-order chi connectivity index (χ1) is 27.7. The molecule has 2 fully saturated rings. The van der Waals surface area contributed by atoms with Gasteiger partial charge in [-0.1, -0.05) is 62.7 Å². The number of alkyl carbamates (subject to hydrolysis) is 1. The van der Waals surface area contributed by atoms with Crippen molar-refractivity contribution in [2.45, 2.75) is 148 Å². The first kappa shape index (κ1) is 48.4. The lowest BCUT2D eigenvalue weighted by Gasteiger charge is -2.48. The lowest BCUT2D eigenvalue weighted by Crippen LogP contribution is -2.60. The zero-order valence-electron chi connectivity index (χ0n) is 36.3. The highest BCUT2D eigenvalue weighted by Gasteiger charge is 2.52. The number of rotatable bonds is 11. The summed E-state index contributed by atoms with van der Waals surface area (Å²) in [5.74, 6) is -3.63. The number of nitrogens with one attached hydrogen (secondary N) is 1. The molecule has 2 saturated heterocycles. The van der Waals surface area contributed by atoms with Crippen LogP contribution >= 0.6 is 11.6 Å². The molecule has 332 valence electrons. The van der Waals surface area contributed by atoms with E-state index in [2.05, 4.69) is 10.5 Å². The number of amides is 1. The van der Waals surface area contributed by atoms with Crippen molar-refractivity contribution in [1.82, 2.24) is 10.2 Å². The summed E-state index contributed by atoms with van der Waals surface area (Å²) in [5, 5.41) is 43.4. The van der Waals surface area contributed by atoms with Gasteiger partial charge in [0.2, 0.25) is 0 Å². The number of methoxy groups -OCH3 is 1. The quantitative estimate of drug-likeness (QED) is 0.159. The molecular weight excluding hydrogens is 786 g/mol. The van der Waals surface area contributed by atoms with Crippen molar-refractivity contribution in [3.63, 3.8) is 0 Å². The normalized spacial score (nSPS) is 37.1. The number of likely N-dealkylation sites (N-methyl/N-ethyl adjacent to an activating group) is 1. The Morgan fingerprint density at radius 2 is 1.76 bits per heavy atom. The summed E-state index contributed by atoms with van der Waals surface area (Å²) in [5.41, 5.74) is -2.17. The van der Waals surface area contributed by atoms with Gasteiger partial charge in [0, 0.05) is 41.5 Å². The number of oxime groups is 1. The van der Waals surface area contributed by atoms with Gasteiger partial charge in [0.25, 0.3) is 0 Å². The van der Waals surface area contributed by atoms with Crippen LogP contribution in [-0.4, -0.2) is 119 Å². The molecule has 0 spiro atoms. The first-order valence-corrected chi connectivity index (χ1v) is 20.8. The Morgan fingerprint density at radius 1 is 1.07 bits per heavy atom. The molecule has 0 radical (unpaired) electrons. The third-order valence-electron chi connectivity index (χ3n) is 12.1. The molecule has 4 rings (SSSR count). The van der Waals surface area contributed by atoms with Crippen LogP contribution in [0.25, 0.3) is 0 Å². The van der Waals surface area contributed by atoms with Crippen LogP contribution in [0.15, 0.2) is 52.2 Å². The highest BCUT2D eigenvalue weighted by molar-refractivity contribution is 6.31. The van der Waals surface area contributed by atoms with E-state index in [0.29, 0.717) is 28.5 Å². The Labute approximate surface area is 353 Å². The van der Waals surface area contributed by atoms with Gasteiger partial charge in [-0.05, 0) is 79.3 Å². The summed E-state index contributed by atoms with van der Waals surface area (Å²) in [6, 6.07) is 10.3. The first-order valence-electron chi connectivity index (χ1n) is 20.5. The van der Waals surface area contributed by atoms with E-state index in [-0.39, 0.29) is 38.1 Å². The van der Waals surface area contributed by atoms with Crippen LogP contribution < -0.4 is 5.32 Å². The molecule has 0 aliphatic carbocycles. The monoisotopic (exact) mass is 851 g/mol. The molecule has 15 nitrogen and oxygen atoms in total. The van der Waals surface area contributed by atoms with Gasteiger partial charge >= 0.3 is 12.1 Å². The zero-order valence-corrected chi connectivity index (χ0v) is 37.0. The van der Waals surface area contributed by atoms with Crippen LogP contribution in [0.5, 0.6) is 0 Å². The van der Waals surface area contributed by atoms with E-state index in [9.17, 15) is 24.9 Å². The maximum atomic E-state index is 14.2. The van der Waals surface area contributed by atoms with Crippen LogP contribution in [-0.2, 0) is 46.5 Å². The number of furan rings is 1. The summed E-state index contributed by atoms with van der Waals surface area (Å²) >= 11 is 6.42. The fourth-order valence-corrected chi connectivity index (χ4v) is 8.69. The van der Waals surface area contributed by atoms with E-state index >= 15 is 0 Å². The number of aliphatic hydroxyl groups excluding tert-OH is 2. The molecule has 59 heavy (non-hydrogen) atoms. The van der Waals surface area contributed by atoms with Crippen molar-refractivity contribution in [2.24, 2.45) is 28.8 Å². The Morgan fingerprint density at radius 3 is 2.37 bits per heavy atom. The number of carbonyl (C=O) groups excluding carboxylic acids is 2. The van der Waals surface area contributed by atoms with Crippen LogP contribution in [0, 0.1) is 23.7 Å². The second-order valence-corrected chi connectivity index (χ2v) is 17.3. The largest absolute Gasteiger partial charge is 0.467 e. The molecule has 3 heterocycles. The van der Waals surface area contributed by atoms with Gasteiger partial charge in [0.1, 0.15) is 36.3 Å². The predicted molar refractivity (Wildman–Crippen MR) is 220 cm³/mol. The number of hydrogen-bond acceptors (Lipinski definition) is 14. The van der Waals surface area contributed by atoms with Crippen molar-refractivity contribution >= 4 is 29.4 Å². The van der Waals surface area contributed by atoms with Crippen molar-refractivity contribution < 1.29 is 57.8 Å². The summed E-state index contributed by atoms with van der Waals surface area (Å²) in [6.45, 7) is 13.9. The molecular formula is C43H66ClN3O12. The maximum Gasteiger partial charge on any atom is 0.407 e. The molecule has 0 unspecified atom stereocenters. The van der Waals surface area contributed by atoms with Gasteiger partial charge in [0.05, 0.1) is 48.4 Å². The van der Waals surface area contributed by atoms with Crippen molar-refractivity contribution in [3.05, 3.63) is 59.0 Å². The second-order valence-electron chi connectivity index (χ2n) is 16.9. The van der Waals surface area contributed by atoms with E-state index in [1.807, 2.05) is 58.0 Å². The Balaban J connectivity index is 1.86. The molecule has 0 bridgehead atoms. The number of nitrogens with zero attached hydrogens (tertiary/aromatic N) is 2. The zero-order chi connectivity index (χ0) is 43.8. The number of ether oxygens (including phenoxy) is 5. The van der Waals surface area contributed by atoms with E-state index in [4.69, 9.17) is 44.5 Å². The minimum Gasteiger partial charge on any atom is -0.467 e. The van der Waals surface area contributed by atoms with E-state index < -0.39 is 83.7 Å². The van der Waals surface area contributed by atoms with Gasteiger partial charge in [0.15, 0.2) is 6.29 Å². The minimum atomic E-state index is -1.97. The molecule has 2 aromatic rings. The van der Waals surface area contributed by atoms with E-state index in [1.165, 1.54) is 20.3 Å². The van der Waals surface area contributed by atoms with Crippen LogP contribution in [0.4, 0.5) is 4.79 Å². The fraction of sp³-hybridized carbons (Fsp3) is 0.698. The predicted octanol–water partition coefficient (Wildman–Crippen LogP) is 5.70. The fourth-order valence-electron chi connectivity index (χ4n) is 8.50. The topological polar surface area (TPSA) is 191 Å². The number of hydrogen-bond donors (Lipinski definition) is 4. The van der Waals surface area contributed by atoms with Gasteiger partial charge < -0.3 is 58.5 Å². The van der Waals surface area contributed by atoms with Crippen LogP contribution in [0.1, 0.15) is 86.0 Å². The number of esters is 1. The number of benzene rings is 1. The second kappa shape index (κ2) is 21.0. The number of carbonyl (C=O) groups is 2. The van der Waals surface area contributed by atoms with E-state index in [1.54, 1.807) is 45.9 Å². The lowest BCUT2D eigenvalue weighted by molar-refractivity contribution is -0.301. The van der Waals surface area contributed by atoms with Gasteiger partial charge in [-0.25, -0.2) is 4.79 Å². The molecule has 2 aliphatic rings. The number of aliphatic hydroxyl groups is 3. The summed E-state index contributed by atoms with van der Waals surface area (Å²) in [7, 11) is 5.27. The smallest absolute Gasteiger partial charge is 0.407 e. The molecule has 1 aromatic heterocycles. The summed E-state index contributed by atoms with van der Waals surface area (Å²) < 4.78 is 37.0. The van der Waals surface area contributed by atoms with E-state index in [0.717, 1.165) is 0 Å². The molecule has 4 N–H and O–H groups in total. The highest BCUT2D eigenvalue weighted by atomic mass is 35.5. The molecule has 16 heteroatoms. The summed E-state index contributed by atoms with van der Waals surface area (Å²) in [6.07, 6.45) is -5.96. The van der Waals surface area contributed by atoms with Gasteiger partial charge in [-0.3, -0.25) is 4.79 Å². The molecule has 14 atom stereocenters. The highest BCUT2D eigenvalue weighted by Crippen LogP contribution is 2.40. The summed E-state index contributed by atoms with van der Waals surface area (Å²) in [4.78, 5) is 35.6. The molecule has 2 aliphatic heterocycles. The van der Waals surface area contributed by atoms with Crippen LogP contribution in [0.2, 0.25) is 5.02 Å². The Hall–Kier alpha value is -3.28. The average molecular weight is 852 g/mol. The maximum absolute atomic E-state index is 14.2. The molecule has 0 saturated carbocycles. The molecule has 1 aromatic carbocycles. The Kier molecular flexibility index (Phi) is 17.2. The number of halogens is 1. The number of cyclic esters (lactones) is 1. The molecule has 1 amide bonds. The van der Waals surface area contributed by atoms with Gasteiger partial charge in [-0.2, -0.15) is 0 Å². The third kappa shape index (κ3) is 11.8. The average Bonchev–Trinajstić information content (AvgIpc) is 3.72. The van der Waals surface area contributed by atoms with Crippen molar-refractivity contribution in [2.75, 3.05) is 21.2 Å². The SMILES string of the molecule is CC[C@H]1OC(=O)[C@H](C)[C@@H](OC(=O)NCc2ccco2)[C@H](C)[C@@H](O[C@@H]2O[C@H](C)C[C@H](N(C)C)[C@H]2O)[C@](C)(OC)C[C@@H](C)/C(=N/OCc2ccccc2Cl)[C@H](C)[C@@H](O)[C@]1(C)O. The lowest BCUT2D eigenvalue weighted by atomic mass is 9.73. The van der Waals surface area contributed by atoms with Crippen LogP contribution in [0.3, 0.4) is 0 Å². The van der Waals surface area contributed by atoms with Gasteiger partial charge in [-0.15, -0.1) is 0 Å².